The fourth-order valence-corrected chi connectivity index (χ4v) is 2.48. The molecule has 0 aliphatic carbocycles. The molecule has 6 nitrogen and oxygen atoms in total. The van der Waals surface area contributed by atoms with Crippen LogP contribution in [0.5, 0.6) is 0 Å². The van der Waals surface area contributed by atoms with Crippen LogP contribution in [0.1, 0.15) is 23.9 Å². The first kappa shape index (κ1) is 12.7. The van der Waals surface area contributed by atoms with Gasteiger partial charge in [0.2, 0.25) is 0 Å². The maximum Gasteiger partial charge on any atom is 0.192 e. The number of hydrogen-bond donors (Lipinski definition) is 0. The van der Waals surface area contributed by atoms with E-state index in [4.69, 9.17) is 4.52 Å². The van der Waals surface area contributed by atoms with E-state index in [0.717, 1.165) is 29.1 Å². The molecule has 20 heavy (non-hydrogen) atoms. The number of hydrogen-bond acceptors (Lipinski definition) is 4. The molecule has 0 N–H and O–H groups in total. The van der Waals surface area contributed by atoms with E-state index in [0.29, 0.717) is 11.9 Å². The van der Waals surface area contributed by atoms with Crippen molar-refractivity contribution in [2.45, 2.75) is 26.8 Å². The van der Waals surface area contributed by atoms with Gasteiger partial charge in [-0.1, -0.05) is 12.1 Å². The molecule has 0 radical (unpaired) electrons. The van der Waals surface area contributed by atoms with Gasteiger partial charge in [0.1, 0.15) is 11.4 Å². The summed E-state index contributed by atoms with van der Waals surface area (Å²) in [5.74, 6) is 0.816. The first-order valence-electron chi connectivity index (χ1n) is 6.57. The Bertz CT molecular complexity index is 825. The van der Waals surface area contributed by atoms with Crippen LogP contribution < -0.4 is 5.43 Å². The minimum Gasteiger partial charge on any atom is -0.361 e. The summed E-state index contributed by atoms with van der Waals surface area (Å²) < 4.78 is 8.97. The Morgan fingerprint density at radius 2 is 2.20 bits per heavy atom. The Morgan fingerprint density at radius 1 is 1.40 bits per heavy atom. The summed E-state index contributed by atoms with van der Waals surface area (Å²) >= 11 is 0. The van der Waals surface area contributed by atoms with Gasteiger partial charge in [0.25, 0.3) is 0 Å². The summed E-state index contributed by atoms with van der Waals surface area (Å²) in [7, 11) is 1.83. The minimum absolute atomic E-state index is 0.0119. The highest BCUT2D eigenvalue weighted by atomic mass is 16.5. The standard InChI is InChI=1S/C14H16N4O2/c1-4-12-11(9(2)20-16-12)8-18-6-5-13(19)10-7-15-17(3)14(10)18/h5-7H,4,8H2,1-3H3. The lowest BCUT2D eigenvalue weighted by atomic mass is 10.1. The Balaban J connectivity index is 2.16. The predicted octanol–water partition coefficient (Wildman–Crippen LogP) is 1.64. The fraction of sp³-hybridized carbons (Fsp3) is 0.357. The van der Waals surface area contributed by atoms with Gasteiger partial charge in [-0.15, -0.1) is 0 Å². The van der Waals surface area contributed by atoms with E-state index in [1.807, 2.05) is 25.5 Å². The molecule has 0 fully saturated rings. The highest BCUT2D eigenvalue weighted by molar-refractivity contribution is 5.74. The molecule has 0 saturated heterocycles. The molecule has 3 aromatic rings. The minimum atomic E-state index is -0.0119. The van der Waals surface area contributed by atoms with Crippen molar-refractivity contribution >= 4 is 11.0 Å². The highest BCUT2D eigenvalue weighted by Crippen LogP contribution is 2.18. The van der Waals surface area contributed by atoms with Crippen molar-refractivity contribution < 1.29 is 4.52 Å². The summed E-state index contributed by atoms with van der Waals surface area (Å²) in [6.45, 7) is 4.57. The summed E-state index contributed by atoms with van der Waals surface area (Å²) in [5, 5.41) is 8.86. The maximum atomic E-state index is 11.8. The SMILES string of the molecule is CCc1noc(C)c1Cn1ccc(=O)c2cnn(C)c21. The van der Waals surface area contributed by atoms with Crippen LogP contribution in [0, 0.1) is 6.92 Å². The van der Waals surface area contributed by atoms with E-state index < -0.39 is 0 Å². The zero-order valence-corrected chi connectivity index (χ0v) is 11.8. The number of rotatable bonds is 3. The van der Waals surface area contributed by atoms with Crippen LogP contribution in [0.25, 0.3) is 11.0 Å². The lowest BCUT2D eigenvalue weighted by Crippen LogP contribution is -2.11. The lowest BCUT2D eigenvalue weighted by molar-refractivity contribution is 0.390. The molecule has 0 aliphatic heterocycles. The molecule has 3 aromatic heterocycles. The van der Waals surface area contributed by atoms with Gasteiger partial charge >= 0.3 is 0 Å². The zero-order chi connectivity index (χ0) is 14.3. The molecule has 0 spiro atoms. The lowest BCUT2D eigenvalue weighted by Gasteiger charge is -2.09. The number of aromatic nitrogens is 4. The van der Waals surface area contributed by atoms with Crippen molar-refractivity contribution in [3.05, 3.63) is 45.7 Å². The first-order valence-corrected chi connectivity index (χ1v) is 6.57. The second kappa shape index (κ2) is 4.63. The monoisotopic (exact) mass is 272 g/mol. The topological polar surface area (TPSA) is 65.8 Å². The normalized spacial score (nSPS) is 11.3. The van der Waals surface area contributed by atoms with Crippen LogP contribution in [0.2, 0.25) is 0 Å². The largest absolute Gasteiger partial charge is 0.361 e. The van der Waals surface area contributed by atoms with E-state index in [-0.39, 0.29) is 5.43 Å². The molecule has 3 heterocycles. The van der Waals surface area contributed by atoms with E-state index in [1.54, 1.807) is 23.1 Å². The van der Waals surface area contributed by atoms with Gasteiger partial charge < -0.3 is 9.09 Å². The molecule has 104 valence electrons. The maximum absolute atomic E-state index is 11.8. The third-order valence-electron chi connectivity index (χ3n) is 3.58. The average molecular weight is 272 g/mol. The second-order valence-electron chi connectivity index (χ2n) is 4.83. The summed E-state index contributed by atoms with van der Waals surface area (Å²) in [6.07, 6.45) is 4.22. The molecule has 3 rings (SSSR count). The van der Waals surface area contributed by atoms with E-state index >= 15 is 0 Å². The van der Waals surface area contributed by atoms with Crippen LogP contribution in [0.4, 0.5) is 0 Å². The van der Waals surface area contributed by atoms with Crippen molar-refractivity contribution in [2.24, 2.45) is 7.05 Å². The number of pyridine rings is 1. The van der Waals surface area contributed by atoms with Gasteiger partial charge in [-0.3, -0.25) is 9.48 Å². The third kappa shape index (κ3) is 1.84. The first-order chi connectivity index (χ1) is 9.61. The van der Waals surface area contributed by atoms with Crippen LogP contribution in [-0.2, 0) is 20.0 Å². The Labute approximate surface area is 115 Å². The quantitative estimate of drug-likeness (QED) is 0.727. The molecule has 0 saturated carbocycles. The average Bonchev–Trinajstić information content (AvgIpc) is 2.98. The van der Waals surface area contributed by atoms with Crippen molar-refractivity contribution in [1.82, 2.24) is 19.5 Å². The molecule has 0 unspecified atom stereocenters. The zero-order valence-electron chi connectivity index (χ0n) is 11.8. The number of nitrogens with zero attached hydrogens (tertiary/aromatic N) is 4. The molecule has 0 aliphatic rings. The van der Waals surface area contributed by atoms with Crippen LogP contribution >= 0.6 is 0 Å². The molecule has 0 bridgehead atoms. The summed E-state index contributed by atoms with van der Waals surface area (Å²) in [4.78, 5) is 11.8. The van der Waals surface area contributed by atoms with Gasteiger partial charge in [-0.2, -0.15) is 5.10 Å². The molecule has 0 atom stereocenters. The van der Waals surface area contributed by atoms with Crippen LogP contribution in [0.3, 0.4) is 0 Å². The number of fused-ring (bicyclic) bond motifs is 1. The smallest absolute Gasteiger partial charge is 0.192 e. The summed E-state index contributed by atoms with van der Waals surface area (Å²) in [6, 6.07) is 1.57. The van der Waals surface area contributed by atoms with Crippen molar-refractivity contribution in [2.75, 3.05) is 0 Å². The number of aryl methyl sites for hydroxylation is 3. The molecule has 0 amide bonds. The Morgan fingerprint density at radius 3 is 2.95 bits per heavy atom. The van der Waals surface area contributed by atoms with E-state index in [1.165, 1.54) is 0 Å². The van der Waals surface area contributed by atoms with Crippen molar-refractivity contribution in [1.29, 1.82) is 0 Å². The van der Waals surface area contributed by atoms with Gasteiger partial charge in [-0.25, -0.2) is 0 Å². The molecule has 6 heteroatoms. The highest BCUT2D eigenvalue weighted by Gasteiger charge is 2.14. The Kier molecular flexibility index (Phi) is 2.93. The van der Waals surface area contributed by atoms with Gasteiger partial charge in [0.05, 0.1) is 23.8 Å². The summed E-state index contributed by atoms with van der Waals surface area (Å²) in [5.41, 5.74) is 2.82. The van der Waals surface area contributed by atoms with Crippen LogP contribution in [0.15, 0.2) is 27.8 Å². The second-order valence-corrected chi connectivity index (χ2v) is 4.83. The molecular formula is C14H16N4O2. The predicted molar refractivity (Wildman–Crippen MR) is 74.7 cm³/mol. The van der Waals surface area contributed by atoms with Gasteiger partial charge in [-0.05, 0) is 13.3 Å². The van der Waals surface area contributed by atoms with Gasteiger partial charge in [0, 0.05) is 24.9 Å². The van der Waals surface area contributed by atoms with E-state index in [2.05, 4.69) is 10.3 Å². The Hall–Kier alpha value is -2.37. The van der Waals surface area contributed by atoms with Crippen molar-refractivity contribution in [3.8, 4) is 0 Å². The van der Waals surface area contributed by atoms with E-state index in [9.17, 15) is 4.79 Å². The third-order valence-corrected chi connectivity index (χ3v) is 3.58. The van der Waals surface area contributed by atoms with Gasteiger partial charge in [0.15, 0.2) is 5.43 Å². The fourth-order valence-electron chi connectivity index (χ4n) is 2.48. The van der Waals surface area contributed by atoms with Crippen molar-refractivity contribution in [3.63, 3.8) is 0 Å². The molecular weight excluding hydrogens is 256 g/mol. The van der Waals surface area contributed by atoms with Crippen LogP contribution in [-0.4, -0.2) is 19.5 Å². The molecule has 0 aromatic carbocycles.